The van der Waals surface area contributed by atoms with Gasteiger partial charge in [-0.15, -0.1) is 0 Å². The number of benzene rings is 2. The molecule has 2 rings (SSSR count). The summed E-state index contributed by atoms with van der Waals surface area (Å²) in [5.41, 5.74) is 1.92. The van der Waals surface area contributed by atoms with Gasteiger partial charge in [0.2, 0.25) is 5.91 Å². The highest BCUT2D eigenvalue weighted by Gasteiger charge is 2.07. The average molecular weight is 368 g/mol. The maximum atomic E-state index is 11.1. The molecule has 6 heteroatoms. The van der Waals surface area contributed by atoms with Crippen molar-refractivity contribution in [1.82, 2.24) is 10.6 Å². The highest BCUT2D eigenvalue weighted by molar-refractivity contribution is 5.88. The Kier molecular flexibility index (Phi) is 8.16. The van der Waals surface area contributed by atoms with Crippen LogP contribution < -0.4 is 20.7 Å². The molecule has 2 aromatic carbocycles. The number of hydrogen-bond acceptors (Lipinski definition) is 3. The molecule has 1 amide bonds. The van der Waals surface area contributed by atoms with Crippen LogP contribution in [0.25, 0.3) is 0 Å². The van der Waals surface area contributed by atoms with Gasteiger partial charge in [-0.2, -0.15) is 0 Å². The smallest absolute Gasteiger partial charge is 0.221 e. The highest BCUT2D eigenvalue weighted by atomic mass is 16.5. The maximum Gasteiger partial charge on any atom is 0.221 e. The van der Waals surface area contributed by atoms with E-state index in [0.717, 1.165) is 18.2 Å². The number of aliphatic imine (C=N–C) groups is 1. The summed E-state index contributed by atoms with van der Waals surface area (Å²) in [5.74, 6) is 1.35. The van der Waals surface area contributed by atoms with E-state index >= 15 is 0 Å². The highest BCUT2D eigenvalue weighted by Crippen LogP contribution is 2.17. The molecule has 0 heterocycles. The number of ether oxygens (including phenoxy) is 1. The van der Waals surface area contributed by atoms with Crippen LogP contribution in [-0.4, -0.2) is 31.6 Å². The molecule has 2 aromatic rings. The number of nitrogens with zero attached hydrogens (tertiary/aromatic N) is 1. The molecule has 0 fully saturated rings. The fourth-order valence-electron chi connectivity index (χ4n) is 2.54. The van der Waals surface area contributed by atoms with Crippen molar-refractivity contribution < 1.29 is 9.53 Å². The van der Waals surface area contributed by atoms with E-state index in [4.69, 9.17) is 4.74 Å². The molecule has 0 bridgehead atoms. The van der Waals surface area contributed by atoms with Crippen LogP contribution in [0.3, 0.4) is 0 Å². The van der Waals surface area contributed by atoms with Crippen LogP contribution in [0.4, 0.5) is 5.69 Å². The summed E-state index contributed by atoms with van der Waals surface area (Å²) in [7, 11) is 0. The molecule has 1 unspecified atom stereocenters. The van der Waals surface area contributed by atoms with E-state index in [-0.39, 0.29) is 11.9 Å². The van der Waals surface area contributed by atoms with E-state index in [0.29, 0.717) is 18.9 Å². The zero-order chi connectivity index (χ0) is 19.5. The fourth-order valence-corrected chi connectivity index (χ4v) is 2.54. The molecular formula is C21H28N4O2. The average Bonchev–Trinajstić information content (AvgIpc) is 2.66. The SMILES string of the molecule is CCNC(=NCCOc1cccc(NC(C)=O)c1)NC(C)c1ccccc1. The number of hydrogen-bond donors (Lipinski definition) is 3. The van der Waals surface area contributed by atoms with Gasteiger partial charge in [-0.25, -0.2) is 4.99 Å². The van der Waals surface area contributed by atoms with Gasteiger partial charge in [-0.05, 0) is 31.5 Å². The van der Waals surface area contributed by atoms with E-state index in [1.165, 1.54) is 12.5 Å². The number of carbonyl (C=O) groups is 1. The van der Waals surface area contributed by atoms with Gasteiger partial charge in [0.25, 0.3) is 0 Å². The van der Waals surface area contributed by atoms with Crippen LogP contribution >= 0.6 is 0 Å². The number of nitrogens with one attached hydrogen (secondary N) is 3. The Morgan fingerprint density at radius 3 is 2.63 bits per heavy atom. The molecule has 3 N–H and O–H groups in total. The molecule has 0 saturated carbocycles. The van der Waals surface area contributed by atoms with Crippen LogP contribution in [0.5, 0.6) is 5.75 Å². The molecule has 0 aliphatic heterocycles. The third kappa shape index (κ3) is 7.40. The summed E-state index contributed by atoms with van der Waals surface area (Å²) in [6, 6.07) is 17.7. The summed E-state index contributed by atoms with van der Waals surface area (Å²) in [4.78, 5) is 15.7. The van der Waals surface area contributed by atoms with Gasteiger partial charge in [0.1, 0.15) is 12.4 Å². The molecule has 0 aliphatic carbocycles. The molecule has 0 saturated heterocycles. The lowest BCUT2D eigenvalue weighted by Crippen LogP contribution is -2.39. The molecule has 1 atom stereocenters. The van der Waals surface area contributed by atoms with Crippen molar-refractivity contribution in [3.63, 3.8) is 0 Å². The molecular weight excluding hydrogens is 340 g/mol. The minimum absolute atomic E-state index is 0.106. The predicted octanol–water partition coefficient (Wildman–Crippen LogP) is 3.34. The first-order valence-corrected chi connectivity index (χ1v) is 9.18. The topological polar surface area (TPSA) is 74.8 Å². The Balaban J connectivity index is 1.87. The van der Waals surface area contributed by atoms with Crippen molar-refractivity contribution >= 4 is 17.6 Å². The van der Waals surface area contributed by atoms with Crippen molar-refractivity contribution in [1.29, 1.82) is 0 Å². The van der Waals surface area contributed by atoms with Gasteiger partial charge in [0, 0.05) is 25.2 Å². The van der Waals surface area contributed by atoms with Crippen molar-refractivity contribution in [2.75, 3.05) is 25.0 Å². The lowest BCUT2D eigenvalue weighted by molar-refractivity contribution is -0.114. The maximum absolute atomic E-state index is 11.1. The summed E-state index contributed by atoms with van der Waals surface area (Å²) in [6.45, 7) is 7.36. The second-order valence-corrected chi connectivity index (χ2v) is 6.09. The summed E-state index contributed by atoms with van der Waals surface area (Å²) in [6.07, 6.45) is 0. The molecule has 144 valence electrons. The largest absolute Gasteiger partial charge is 0.492 e. The summed E-state index contributed by atoms with van der Waals surface area (Å²) < 4.78 is 5.73. The number of guanidine groups is 1. The second kappa shape index (κ2) is 10.9. The molecule has 0 aliphatic rings. The van der Waals surface area contributed by atoms with Gasteiger partial charge in [-0.1, -0.05) is 36.4 Å². The Bertz CT molecular complexity index is 747. The van der Waals surface area contributed by atoms with Crippen LogP contribution in [0, 0.1) is 0 Å². The van der Waals surface area contributed by atoms with Crippen molar-refractivity contribution in [2.45, 2.75) is 26.8 Å². The van der Waals surface area contributed by atoms with Crippen molar-refractivity contribution in [3.8, 4) is 5.75 Å². The van der Waals surface area contributed by atoms with E-state index in [1.807, 2.05) is 43.3 Å². The van der Waals surface area contributed by atoms with Gasteiger partial charge < -0.3 is 20.7 Å². The Morgan fingerprint density at radius 1 is 1.15 bits per heavy atom. The van der Waals surface area contributed by atoms with E-state index in [9.17, 15) is 4.79 Å². The Hall–Kier alpha value is -3.02. The molecule has 0 radical (unpaired) electrons. The number of carbonyl (C=O) groups excluding carboxylic acids is 1. The lowest BCUT2D eigenvalue weighted by atomic mass is 10.1. The standard InChI is InChI=1S/C21H28N4O2/c1-4-22-21(24-16(2)18-9-6-5-7-10-18)23-13-14-27-20-12-8-11-19(15-20)25-17(3)26/h5-12,15-16H,4,13-14H2,1-3H3,(H,25,26)(H2,22,23,24). The number of amides is 1. The summed E-state index contributed by atoms with van der Waals surface area (Å²) in [5, 5.41) is 9.39. The minimum Gasteiger partial charge on any atom is -0.492 e. The molecule has 0 aromatic heterocycles. The van der Waals surface area contributed by atoms with E-state index in [1.54, 1.807) is 6.07 Å². The third-order valence-corrected chi connectivity index (χ3v) is 3.78. The molecule has 27 heavy (non-hydrogen) atoms. The van der Waals surface area contributed by atoms with Gasteiger partial charge in [0.15, 0.2) is 5.96 Å². The zero-order valence-electron chi connectivity index (χ0n) is 16.2. The number of anilines is 1. The lowest BCUT2D eigenvalue weighted by Gasteiger charge is -2.18. The Morgan fingerprint density at radius 2 is 1.93 bits per heavy atom. The van der Waals surface area contributed by atoms with Gasteiger partial charge in [0.05, 0.1) is 12.6 Å². The van der Waals surface area contributed by atoms with Crippen LogP contribution in [0.1, 0.15) is 32.4 Å². The van der Waals surface area contributed by atoms with Gasteiger partial charge >= 0.3 is 0 Å². The molecule has 6 nitrogen and oxygen atoms in total. The first-order chi connectivity index (χ1) is 13.1. The first kappa shape index (κ1) is 20.3. The van der Waals surface area contributed by atoms with Crippen molar-refractivity contribution in [2.24, 2.45) is 4.99 Å². The second-order valence-electron chi connectivity index (χ2n) is 6.09. The Labute approximate surface area is 161 Å². The van der Waals surface area contributed by atoms with E-state index in [2.05, 4.69) is 40.0 Å². The van der Waals surface area contributed by atoms with Gasteiger partial charge in [-0.3, -0.25) is 4.79 Å². The predicted molar refractivity (Wildman–Crippen MR) is 110 cm³/mol. The van der Waals surface area contributed by atoms with E-state index < -0.39 is 0 Å². The zero-order valence-corrected chi connectivity index (χ0v) is 16.2. The minimum atomic E-state index is -0.106. The quantitative estimate of drug-likeness (QED) is 0.379. The molecule has 0 spiro atoms. The van der Waals surface area contributed by atoms with Crippen LogP contribution in [0.2, 0.25) is 0 Å². The monoisotopic (exact) mass is 368 g/mol. The van der Waals surface area contributed by atoms with Crippen LogP contribution in [-0.2, 0) is 4.79 Å². The van der Waals surface area contributed by atoms with Crippen molar-refractivity contribution in [3.05, 3.63) is 60.2 Å². The van der Waals surface area contributed by atoms with Crippen LogP contribution in [0.15, 0.2) is 59.6 Å². The normalized spacial score (nSPS) is 12.2. The third-order valence-electron chi connectivity index (χ3n) is 3.78. The summed E-state index contributed by atoms with van der Waals surface area (Å²) >= 11 is 0. The number of rotatable bonds is 8. The first-order valence-electron chi connectivity index (χ1n) is 9.18. The fraction of sp³-hybridized carbons (Fsp3) is 0.333.